The lowest BCUT2D eigenvalue weighted by molar-refractivity contribution is 0.110. The van der Waals surface area contributed by atoms with Crippen LogP contribution in [-0.4, -0.2) is 12.1 Å². The molecule has 1 N–H and O–H groups in total. The zero-order valence-corrected chi connectivity index (χ0v) is 22.0. The molecular weight excluding hydrogens is 503 g/mol. The summed E-state index contributed by atoms with van der Waals surface area (Å²) in [6.45, 7) is 4.31. The van der Waals surface area contributed by atoms with Crippen LogP contribution in [0.5, 0.6) is 5.75 Å². The Kier molecular flexibility index (Phi) is 9.11. The van der Waals surface area contributed by atoms with E-state index in [1.165, 1.54) is 12.1 Å². The summed E-state index contributed by atoms with van der Waals surface area (Å²) in [6.07, 6.45) is 6.42. The monoisotopic (exact) mass is 530 g/mol. The maximum absolute atomic E-state index is 13.5. The number of amidine groups is 1. The first kappa shape index (κ1) is 26.9. The van der Waals surface area contributed by atoms with Crippen LogP contribution in [-0.2, 0) is 6.61 Å². The lowest BCUT2D eigenvalue weighted by atomic mass is 10.0. The molecule has 0 aliphatic carbocycles. The summed E-state index contributed by atoms with van der Waals surface area (Å²) in [5, 5.41) is 3.79. The average molecular weight is 531 g/mol. The van der Waals surface area contributed by atoms with Gasteiger partial charge in [0.2, 0.25) is 0 Å². The summed E-state index contributed by atoms with van der Waals surface area (Å²) in [6, 6.07) is 20.9. The molecule has 4 aromatic rings. The number of ether oxygens (including phenoxy) is 1. The van der Waals surface area contributed by atoms with Crippen LogP contribution >= 0.6 is 11.6 Å². The van der Waals surface area contributed by atoms with Crippen LogP contribution in [0.25, 0.3) is 11.3 Å². The first-order valence-electron chi connectivity index (χ1n) is 12.3. The van der Waals surface area contributed by atoms with Gasteiger partial charge < -0.3 is 14.5 Å². The van der Waals surface area contributed by atoms with Crippen LogP contribution in [0.2, 0.25) is 5.02 Å². The summed E-state index contributed by atoms with van der Waals surface area (Å²) in [7, 11) is 0. The lowest BCUT2D eigenvalue weighted by Crippen LogP contribution is -2.15. The van der Waals surface area contributed by atoms with Crippen molar-refractivity contribution >= 4 is 29.4 Å². The van der Waals surface area contributed by atoms with E-state index >= 15 is 0 Å². The minimum atomic E-state index is -0.313. The van der Waals surface area contributed by atoms with E-state index in [9.17, 15) is 9.18 Å². The van der Waals surface area contributed by atoms with Crippen molar-refractivity contribution < 1.29 is 18.3 Å². The highest BCUT2D eigenvalue weighted by atomic mass is 35.5. The Labute approximate surface area is 226 Å². The van der Waals surface area contributed by atoms with Gasteiger partial charge in [0.05, 0.1) is 5.02 Å². The Morgan fingerprint density at radius 3 is 2.71 bits per heavy atom. The maximum Gasteiger partial charge on any atom is 0.185 e. The minimum absolute atomic E-state index is 0.198. The second kappa shape index (κ2) is 12.9. The maximum atomic E-state index is 13.5. The van der Waals surface area contributed by atoms with E-state index in [1.807, 2.05) is 37.3 Å². The molecule has 0 saturated carbocycles. The van der Waals surface area contributed by atoms with Crippen molar-refractivity contribution in [1.29, 1.82) is 0 Å². The topological polar surface area (TPSA) is 63.8 Å². The van der Waals surface area contributed by atoms with Crippen LogP contribution < -0.4 is 10.1 Å². The van der Waals surface area contributed by atoms with E-state index in [4.69, 9.17) is 25.7 Å². The van der Waals surface area contributed by atoms with Gasteiger partial charge in [0, 0.05) is 23.0 Å². The second-order valence-electron chi connectivity index (χ2n) is 8.69. The molecule has 7 heteroatoms. The molecule has 0 unspecified atom stereocenters. The third-order valence-electron chi connectivity index (χ3n) is 5.76. The Morgan fingerprint density at radius 1 is 1.11 bits per heavy atom. The number of allylic oxidation sites excluding steroid dienone is 1. The van der Waals surface area contributed by atoms with Crippen molar-refractivity contribution in [1.82, 2.24) is 0 Å². The number of benzene rings is 3. The normalized spacial score (nSPS) is 11.6. The van der Waals surface area contributed by atoms with E-state index in [0.717, 1.165) is 35.2 Å². The third kappa shape index (κ3) is 6.99. The summed E-state index contributed by atoms with van der Waals surface area (Å²) < 4.78 is 24.9. The van der Waals surface area contributed by atoms with E-state index in [1.54, 1.807) is 42.6 Å². The molecule has 4 rings (SSSR count). The molecule has 38 heavy (non-hydrogen) atoms. The van der Waals surface area contributed by atoms with Crippen LogP contribution in [0.1, 0.15) is 47.0 Å². The fraction of sp³-hybridized carbons (Fsp3) is 0.161. The predicted octanol–water partition coefficient (Wildman–Crippen LogP) is 8.61. The molecule has 0 fully saturated rings. The van der Waals surface area contributed by atoms with E-state index < -0.39 is 0 Å². The first-order valence-corrected chi connectivity index (χ1v) is 12.7. The molecule has 0 radical (unpaired) electrons. The van der Waals surface area contributed by atoms with Gasteiger partial charge in [0.15, 0.2) is 12.0 Å². The van der Waals surface area contributed by atoms with Gasteiger partial charge in [0.25, 0.3) is 0 Å². The van der Waals surface area contributed by atoms with Gasteiger partial charge in [-0.1, -0.05) is 55.3 Å². The largest absolute Gasteiger partial charge is 0.487 e. The number of aldehydes is 1. The van der Waals surface area contributed by atoms with Gasteiger partial charge in [-0.3, -0.25) is 4.79 Å². The molecule has 0 aliphatic heterocycles. The standard InChI is InChI=1S/C31H28ClFN2O3/c1-3-4-5-15-34-31(27-17-23(10-9-21(27)2)29-14-12-26(19-36)38-29)35-25-11-13-30(28(32)18-25)37-20-22-7-6-8-24(33)16-22/h5-19H,3-4,20H2,1-2H3,(H,34,35). The molecule has 1 heterocycles. The Balaban J connectivity index is 1.59. The van der Waals surface area contributed by atoms with Crippen molar-refractivity contribution in [3.63, 3.8) is 0 Å². The number of rotatable bonds is 10. The number of anilines is 1. The molecule has 5 nitrogen and oxygen atoms in total. The number of unbranched alkanes of at least 4 members (excludes halogenated alkanes) is 1. The van der Waals surface area contributed by atoms with Crippen molar-refractivity contribution in [2.75, 3.05) is 5.32 Å². The highest BCUT2D eigenvalue weighted by molar-refractivity contribution is 6.32. The molecule has 0 amide bonds. The second-order valence-corrected chi connectivity index (χ2v) is 9.10. The number of nitrogens with one attached hydrogen (secondary N) is 1. The fourth-order valence-electron chi connectivity index (χ4n) is 3.76. The molecule has 3 aromatic carbocycles. The smallest absolute Gasteiger partial charge is 0.185 e. The van der Waals surface area contributed by atoms with E-state index in [-0.39, 0.29) is 18.2 Å². The molecule has 0 atom stereocenters. The van der Waals surface area contributed by atoms with Crippen LogP contribution in [0, 0.1) is 12.7 Å². The average Bonchev–Trinajstić information content (AvgIpc) is 3.40. The molecule has 0 aliphatic rings. The molecular formula is C31H28ClFN2O3. The van der Waals surface area contributed by atoms with Crippen LogP contribution in [0.3, 0.4) is 0 Å². The van der Waals surface area contributed by atoms with Gasteiger partial charge in [-0.05, 0) is 73.0 Å². The van der Waals surface area contributed by atoms with Gasteiger partial charge in [-0.25, -0.2) is 9.38 Å². The number of hydrogen-bond donors (Lipinski definition) is 1. The van der Waals surface area contributed by atoms with Gasteiger partial charge in [-0.2, -0.15) is 0 Å². The Bertz CT molecular complexity index is 1480. The number of carbonyl (C=O) groups excluding carboxylic acids is 1. The fourth-order valence-corrected chi connectivity index (χ4v) is 3.99. The molecule has 1 aromatic heterocycles. The van der Waals surface area contributed by atoms with Crippen molar-refractivity contribution in [3.8, 4) is 17.1 Å². The highest BCUT2D eigenvalue weighted by Crippen LogP contribution is 2.30. The SMILES string of the molecule is CCCC=CN=C(Nc1ccc(OCc2cccc(F)c2)c(Cl)c1)c1cc(-c2ccc(C=O)o2)ccc1C. The quantitative estimate of drug-likeness (QED) is 0.127. The minimum Gasteiger partial charge on any atom is -0.487 e. The van der Waals surface area contributed by atoms with Crippen LogP contribution in [0.15, 0.2) is 94.5 Å². The molecule has 194 valence electrons. The van der Waals surface area contributed by atoms with Gasteiger partial charge in [0.1, 0.15) is 29.8 Å². The third-order valence-corrected chi connectivity index (χ3v) is 6.06. The first-order chi connectivity index (χ1) is 18.5. The Hall–Kier alpha value is -4.16. The highest BCUT2D eigenvalue weighted by Gasteiger charge is 2.13. The van der Waals surface area contributed by atoms with E-state index in [0.29, 0.717) is 34.2 Å². The van der Waals surface area contributed by atoms with Crippen LogP contribution in [0.4, 0.5) is 10.1 Å². The number of halogens is 2. The molecule has 0 spiro atoms. The lowest BCUT2D eigenvalue weighted by Gasteiger charge is -2.15. The summed E-state index contributed by atoms with van der Waals surface area (Å²) >= 11 is 6.52. The Morgan fingerprint density at radius 2 is 1.97 bits per heavy atom. The predicted molar refractivity (Wildman–Crippen MR) is 151 cm³/mol. The van der Waals surface area contributed by atoms with Crippen molar-refractivity contribution in [2.45, 2.75) is 33.3 Å². The summed E-state index contributed by atoms with van der Waals surface area (Å²) in [4.78, 5) is 15.8. The number of aliphatic imine (C=N–C) groups is 1. The zero-order valence-electron chi connectivity index (χ0n) is 21.2. The number of hydrogen-bond acceptors (Lipinski definition) is 4. The number of aryl methyl sites for hydroxylation is 1. The van der Waals surface area contributed by atoms with Crippen molar-refractivity contribution in [2.24, 2.45) is 4.99 Å². The summed E-state index contributed by atoms with van der Waals surface area (Å²) in [5.41, 5.74) is 4.14. The van der Waals surface area contributed by atoms with Gasteiger partial charge in [-0.15, -0.1) is 0 Å². The molecule has 0 saturated heterocycles. The van der Waals surface area contributed by atoms with Crippen molar-refractivity contribution in [3.05, 3.63) is 118 Å². The number of nitrogens with zero attached hydrogens (tertiary/aromatic N) is 1. The number of carbonyl (C=O) groups is 1. The molecule has 0 bridgehead atoms. The number of furan rings is 1. The van der Waals surface area contributed by atoms with E-state index in [2.05, 4.69) is 12.2 Å². The van der Waals surface area contributed by atoms with Gasteiger partial charge >= 0.3 is 0 Å². The summed E-state index contributed by atoms with van der Waals surface area (Å²) in [5.74, 6) is 1.67. The zero-order chi connectivity index (χ0) is 26.9.